The van der Waals surface area contributed by atoms with Gasteiger partial charge in [-0.25, -0.2) is 0 Å². The van der Waals surface area contributed by atoms with Crippen LogP contribution in [0.4, 0.5) is 0 Å². The molecule has 2 rings (SSSR count). The SMILES string of the molecule is CCC(CC)(C(NN)c1cccc(OC)c1)N1CCCC1. The normalized spacial score (nSPS) is 17.9. The second-order valence-corrected chi connectivity index (χ2v) is 5.88. The standard InChI is InChI=1S/C17H29N3O/c1-4-17(5-2,20-11-6-7-12-20)16(19-18)14-9-8-10-15(13-14)21-3/h8-10,13,16,19H,4-7,11-12,18H2,1-3H3. The lowest BCUT2D eigenvalue weighted by Gasteiger charge is -2.46. The third kappa shape index (κ3) is 3.07. The Morgan fingerprint density at radius 1 is 1.29 bits per heavy atom. The summed E-state index contributed by atoms with van der Waals surface area (Å²) in [6.07, 6.45) is 4.74. The van der Waals surface area contributed by atoms with Crippen molar-refractivity contribution in [1.82, 2.24) is 10.3 Å². The number of hydrogen-bond donors (Lipinski definition) is 2. The fourth-order valence-corrected chi connectivity index (χ4v) is 3.83. The molecule has 0 spiro atoms. The molecular weight excluding hydrogens is 262 g/mol. The van der Waals surface area contributed by atoms with E-state index in [1.807, 2.05) is 12.1 Å². The van der Waals surface area contributed by atoms with Gasteiger partial charge in [0.05, 0.1) is 13.2 Å². The van der Waals surface area contributed by atoms with Gasteiger partial charge in [-0.1, -0.05) is 26.0 Å². The number of likely N-dealkylation sites (tertiary alicyclic amines) is 1. The quantitative estimate of drug-likeness (QED) is 0.599. The Balaban J connectivity index is 2.38. The third-order valence-corrected chi connectivity index (χ3v) is 5.09. The van der Waals surface area contributed by atoms with Gasteiger partial charge in [-0.2, -0.15) is 0 Å². The van der Waals surface area contributed by atoms with Gasteiger partial charge in [0, 0.05) is 5.54 Å². The smallest absolute Gasteiger partial charge is 0.119 e. The van der Waals surface area contributed by atoms with Crippen LogP contribution in [0.2, 0.25) is 0 Å². The Labute approximate surface area is 128 Å². The summed E-state index contributed by atoms with van der Waals surface area (Å²) in [5.74, 6) is 6.87. The van der Waals surface area contributed by atoms with Crippen LogP contribution in [0.25, 0.3) is 0 Å². The van der Waals surface area contributed by atoms with E-state index in [-0.39, 0.29) is 11.6 Å². The van der Waals surface area contributed by atoms with Crippen molar-refractivity contribution < 1.29 is 4.74 Å². The zero-order valence-corrected chi connectivity index (χ0v) is 13.6. The summed E-state index contributed by atoms with van der Waals surface area (Å²) in [7, 11) is 1.71. The van der Waals surface area contributed by atoms with Crippen LogP contribution in [0.1, 0.15) is 51.1 Å². The Bertz CT molecular complexity index is 439. The number of rotatable bonds is 7. The van der Waals surface area contributed by atoms with Crippen LogP contribution < -0.4 is 16.0 Å². The van der Waals surface area contributed by atoms with Crippen molar-refractivity contribution in [3.63, 3.8) is 0 Å². The molecule has 1 heterocycles. The van der Waals surface area contributed by atoms with Crippen molar-refractivity contribution in [2.75, 3.05) is 20.2 Å². The molecule has 1 unspecified atom stereocenters. The molecule has 0 radical (unpaired) electrons. The van der Waals surface area contributed by atoms with Crippen LogP contribution in [0, 0.1) is 0 Å². The number of hydrazine groups is 1. The summed E-state index contributed by atoms with van der Waals surface area (Å²) in [6, 6.07) is 8.37. The molecule has 0 amide bonds. The van der Waals surface area contributed by atoms with Gasteiger partial charge in [0.1, 0.15) is 5.75 Å². The number of nitrogens with zero attached hydrogens (tertiary/aromatic N) is 1. The van der Waals surface area contributed by atoms with Crippen molar-refractivity contribution in [2.24, 2.45) is 5.84 Å². The third-order valence-electron chi connectivity index (χ3n) is 5.09. The molecule has 1 aliphatic heterocycles. The van der Waals surface area contributed by atoms with E-state index in [2.05, 4.69) is 36.3 Å². The first-order valence-corrected chi connectivity index (χ1v) is 8.07. The summed E-state index contributed by atoms with van der Waals surface area (Å²) in [5, 5.41) is 0. The summed E-state index contributed by atoms with van der Waals surface area (Å²) in [5.41, 5.74) is 4.36. The summed E-state index contributed by atoms with van der Waals surface area (Å²) in [4.78, 5) is 2.62. The van der Waals surface area contributed by atoms with Crippen molar-refractivity contribution in [2.45, 2.75) is 51.1 Å². The van der Waals surface area contributed by atoms with Gasteiger partial charge in [-0.3, -0.25) is 16.2 Å². The topological polar surface area (TPSA) is 50.5 Å². The van der Waals surface area contributed by atoms with Crippen LogP contribution in [0.5, 0.6) is 5.75 Å². The molecule has 4 nitrogen and oxygen atoms in total. The Kier molecular flexibility index (Phi) is 5.62. The summed E-state index contributed by atoms with van der Waals surface area (Å²) in [6.45, 7) is 6.88. The first kappa shape index (κ1) is 16.3. The molecule has 21 heavy (non-hydrogen) atoms. The lowest BCUT2D eigenvalue weighted by Crippen LogP contribution is -2.56. The molecule has 1 aliphatic rings. The van der Waals surface area contributed by atoms with Crippen LogP contribution in [-0.4, -0.2) is 30.6 Å². The predicted octanol–water partition coefficient (Wildman–Crippen LogP) is 2.85. The number of nitrogens with two attached hydrogens (primary N) is 1. The van der Waals surface area contributed by atoms with Gasteiger partial charge < -0.3 is 4.74 Å². The molecule has 1 fully saturated rings. The molecule has 1 aromatic rings. The van der Waals surface area contributed by atoms with E-state index in [1.54, 1.807) is 7.11 Å². The fourth-order valence-electron chi connectivity index (χ4n) is 3.83. The molecule has 3 N–H and O–H groups in total. The monoisotopic (exact) mass is 291 g/mol. The maximum Gasteiger partial charge on any atom is 0.119 e. The summed E-state index contributed by atoms with van der Waals surface area (Å²) < 4.78 is 5.37. The lowest BCUT2D eigenvalue weighted by atomic mass is 9.79. The molecule has 1 aromatic carbocycles. The van der Waals surface area contributed by atoms with Gasteiger partial charge in [0.2, 0.25) is 0 Å². The average molecular weight is 291 g/mol. The van der Waals surface area contributed by atoms with Gasteiger partial charge in [0.15, 0.2) is 0 Å². The molecular formula is C17H29N3O. The van der Waals surface area contributed by atoms with Gasteiger partial charge in [-0.05, 0) is 56.5 Å². The molecule has 0 saturated carbocycles. The minimum Gasteiger partial charge on any atom is -0.497 e. The molecule has 0 bridgehead atoms. The average Bonchev–Trinajstić information content (AvgIpc) is 3.07. The maximum atomic E-state index is 5.98. The zero-order chi connectivity index (χ0) is 15.3. The molecule has 1 atom stereocenters. The van der Waals surface area contributed by atoms with Gasteiger partial charge >= 0.3 is 0 Å². The van der Waals surface area contributed by atoms with Crippen molar-refractivity contribution >= 4 is 0 Å². The van der Waals surface area contributed by atoms with E-state index in [1.165, 1.54) is 31.5 Å². The summed E-state index contributed by atoms with van der Waals surface area (Å²) >= 11 is 0. The molecule has 1 saturated heterocycles. The highest BCUT2D eigenvalue weighted by atomic mass is 16.5. The minimum absolute atomic E-state index is 0.0671. The highest BCUT2D eigenvalue weighted by molar-refractivity contribution is 5.32. The van der Waals surface area contributed by atoms with E-state index in [0.29, 0.717) is 0 Å². The lowest BCUT2D eigenvalue weighted by molar-refractivity contribution is 0.0616. The number of ether oxygens (including phenoxy) is 1. The van der Waals surface area contributed by atoms with Crippen molar-refractivity contribution in [3.05, 3.63) is 29.8 Å². The van der Waals surface area contributed by atoms with E-state index < -0.39 is 0 Å². The van der Waals surface area contributed by atoms with E-state index >= 15 is 0 Å². The van der Waals surface area contributed by atoms with E-state index in [9.17, 15) is 0 Å². The van der Waals surface area contributed by atoms with Crippen LogP contribution in [-0.2, 0) is 0 Å². The first-order chi connectivity index (χ1) is 10.2. The van der Waals surface area contributed by atoms with Crippen molar-refractivity contribution in [1.29, 1.82) is 0 Å². The second-order valence-electron chi connectivity index (χ2n) is 5.88. The van der Waals surface area contributed by atoms with E-state index in [0.717, 1.165) is 18.6 Å². The van der Waals surface area contributed by atoms with Crippen molar-refractivity contribution in [3.8, 4) is 5.75 Å². The molecule has 0 aliphatic carbocycles. The van der Waals surface area contributed by atoms with Crippen LogP contribution in [0.15, 0.2) is 24.3 Å². The Hall–Kier alpha value is -1.10. The number of benzene rings is 1. The Morgan fingerprint density at radius 2 is 1.95 bits per heavy atom. The van der Waals surface area contributed by atoms with Crippen LogP contribution in [0.3, 0.4) is 0 Å². The predicted molar refractivity (Wildman–Crippen MR) is 87.2 cm³/mol. The Morgan fingerprint density at radius 3 is 2.48 bits per heavy atom. The van der Waals surface area contributed by atoms with E-state index in [4.69, 9.17) is 10.6 Å². The zero-order valence-electron chi connectivity index (χ0n) is 13.6. The largest absolute Gasteiger partial charge is 0.497 e. The highest BCUT2D eigenvalue weighted by Crippen LogP contribution is 2.39. The molecule has 118 valence electrons. The molecule has 4 heteroatoms. The maximum absolute atomic E-state index is 5.98. The minimum atomic E-state index is 0.0671. The fraction of sp³-hybridized carbons (Fsp3) is 0.647. The second kappa shape index (κ2) is 7.25. The van der Waals surface area contributed by atoms with Gasteiger partial charge in [-0.15, -0.1) is 0 Å². The first-order valence-electron chi connectivity index (χ1n) is 8.07. The van der Waals surface area contributed by atoms with Crippen LogP contribution >= 0.6 is 0 Å². The highest BCUT2D eigenvalue weighted by Gasteiger charge is 2.42. The number of methoxy groups -OCH3 is 1. The number of nitrogens with one attached hydrogen (secondary N) is 1. The molecule has 0 aromatic heterocycles. The van der Waals surface area contributed by atoms with Gasteiger partial charge in [0.25, 0.3) is 0 Å². The number of hydrogen-bond acceptors (Lipinski definition) is 4.